The average molecular weight is 467 g/mol. The monoisotopic (exact) mass is 466 g/mol. The van der Waals surface area contributed by atoms with Gasteiger partial charge < -0.3 is 14.5 Å². The number of fused-ring (bicyclic) bond motifs is 1. The standard InChI is InChI=1S/C25H34N6O3/c1-3-23(24-27-28-29-31(24)16-21-9-6-12-34-21)30(19-7-4-5-8-19)15-18-13-17-10-11-20(33-2)14-22(17)26-25(18)32/h10-11,13-14,19,21,23H,3-9,12,15-16H2,1-2H3,(H,26,32)/t21-,23+/m0/s1. The van der Waals surface area contributed by atoms with Gasteiger partial charge in [-0.3, -0.25) is 9.69 Å². The molecular formula is C25H34N6O3. The minimum absolute atomic E-state index is 0.0328. The van der Waals surface area contributed by atoms with Crippen LogP contribution in [0.2, 0.25) is 0 Å². The van der Waals surface area contributed by atoms with Gasteiger partial charge in [0, 0.05) is 30.8 Å². The lowest BCUT2D eigenvalue weighted by molar-refractivity contribution is 0.0839. The third-order valence-corrected chi connectivity index (χ3v) is 7.32. The predicted molar refractivity (Wildman–Crippen MR) is 129 cm³/mol. The Morgan fingerprint density at radius 2 is 2.09 bits per heavy atom. The minimum Gasteiger partial charge on any atom is -0.497 e. The van der Waals surface area contributed by atoms with E-state index in [0.29, 0.717) is 19.1 Å². The Labute approximate surface area is 199 Å². The molecule has 1 saturated carbocycles. The van der Waals surface area contributed by atoms with E-state index < -0.39 is 0 Å². The molecule has 0 radical (unpaired) electrons. The fourth-order valence-electron chi connectivity index (χ4n) is 5.52. The first-order valence-electron chi connectivity index (χ1n) is 12.5. The lowest BCUT2D eigenvalue weighted by Crippen LogP contribution is -2.39. The number of aromatic nitrogens is 5. The zero-order valence-electron chi connectivity index (χ0n) is 20.1. The Hall–Kier alpha value is -2.78. The molecule has 2 fully saturated rings. The zero-order chi connectivity index (χ0) is 23.5. The van der Waals surface area contributed by atoms with E-state index in [4.69, 9.17) is 9.47 Å². The van der Waals surface area contributed by atoms with Crippen LogP contribution in [0.5, 0.6) is 5.75 Å². The first-order chi connectivity index (χ1) is 16.7. The number of benzene rings is 1. The van der Waals surface area contributed by atoms with Gasteiger partial charge >= 0.3 is 0 Å². The number of tetrazole rings is 1. The van der Waals surface area contributed by atoms with Crippen LogP contribution in [0, 0.1) is 0 Å². The van der Waals surface area contributed by atoms with Crippen LogP contribution < -0.4 is 10.3 Å². The predicted octanol–water partition coefficient (Wildman–Crippen LogP) is 3.60. The quantitative estimate of drug-likeness (QED) is 0.514. The van der Waals surface area contributed by atoms with Gasteiger partial charge in [-0.25, -0.2) is 4.68 Å². The molecule has 3 heterocycles. The maximum atomic E-state index is 13.1. The van der Waals surface area contributed by atoms with Crippen molar-refractivity contribution in [3.05, 3.63) is 46.0 Å². The van der Waals surface area contributed by atoms with Gasteiger partial charge in [0.05, 0.1) is 31.3 Å². The summed E-state index contributed by atoms with van der Waals surface area (Å²) in [5.41, 5.74) is 1.49. The Bertz CT molecular complexity index is 1160. The van der Waals surface area contributed by atoms with Crippen LogP contribution in [0.4, 0.5) is 0 Å². The largest absolute Gasteiger partial charge is 0.497 e. The molecule has 1 N–H and O–H groups in total. The molecule has 0 amide bonds. The molecule has 5 rings (SSSR count). The van der Waals surface area contributed by atoms with Crippen molar-refractivity contribution in [3.8, 4) is 5.75 Å². The molecule has 34 heavy (non-hydrogen) atoms. The normalized spacial score (nSPS) is 19.9. The molecule has 2 aromatic heterocycles. The number of H-pyrrole nitrogens is 1. The van der Waals surface area contributed by atoms with Crippen molar-refractivity contribution in [1.29, 1.82) is 0 Å². The highest BCUT2D eigenvalue weighted by Gasteiger charge is 2.33. The van der Waals surface area contributed by atoms with E-state index in [9.17, 15) is 4.79 Å². The van der Waals surface area contributed by atoms with Gasteiger partial charge in [0.1, 0.15) is 5.75 Å². The van der Waals surface area contributed by atoms with Crippen molar-refractivity contribution in [2.75, 3.05) is 13.7 Å². The van der Waals surface area contributed by atoms with Crippen LogP contribution in [0.25, 0.3) is 10.9 Å². The molecular weight excluding hydrogens is 432 g/mol. The minimum atomic E-state index is -0.0578. The third kappa shape index (κ3) is 4.72. The highest BCUT2D eigenvalue weighted by molar-refractivity contribution is 5.80. The lowest BCUT2D eigenvalue weighted by atomic mass is 10.0. The fourth-order valence-corrected chi connectivity index (χ4v) is 5.52. The highest BCUT2D eigenvalue weighted by Crippen LogP contribution is 2.34. The lowest BCUT2D eigenvalue weighted by Gasteiger charge is -2.35. The molecule has 0 spiro atoms. The Morgan fingerprint density at radius 3 is 2.82 bits per heavy atom. The summed E-state index contributed by atoms with van der Waals surface area (Å²) in [4.78, 5) is 18.6. The molecule has 0 unspecified atom stereocenters. The SMILES string of the molecule is CC[C@H](c1nnnn1C[C@@H]1CCCO1)N(Cc1cc2ccc(OC)cc2[nH]c1=O)C1CCCC1. The van der Waals surface area contributed by atoms with Gasteiger partial charge in [0.2, 0.25) is 0 Å². The maximum absolute atomic E-state index is 13.1. The molecule has 2 atom stereocenters. The second kappa shape index (κ2) is 10.2. The van der Waals surface area contributed by atoms with Gasteiger partial charge in [-0.15, -0.1) is 5.10 Å². The van der Waals surface area contributed by atoms with Gasteiger partial charge in [-0.1, -0.05) is 19.8 Å². The third-order valence-electron chi connectivity index (χ3n) is 7.32. The van der Waals surface area contributed by atoms with E-state index in [2.05, 4.69) is 32.3 Å². The van der Waals surface area contributed by atoms with Crippen LogP contribution in [0.3, 0.4) is 0 Å². The number of ether oxygens (including phenoxy) is 2. The molecule has 1 aliphatic carbocycles. The summed E-state index contributed by atoms with van der Waals surface area (Å²) in [5.74, 6) is 1.60. The molecule has 9 heteroatoms. The smallest absolute Gasteiger partial charge is 0.252 e. The second-order valence-electron chi connectivity index (χ2n) is 9.47. The molecule has 1 aliphatic heterocycles. The number of aromatic amines is 1. The molecule has 1 saturated heterocycles. The number of hydrogen-bond donors (Lipinski definition) is 1. The van der Waals surface area contributed by atoms with Crippen molar-refractivity contribution >= 4 is 10.9 Å². The van der Waals surface area contributed by atoms with Gasteiger partial charge in [0.15, 0.2) is 5.82 Å². The number of methoxy groups -OCH3 is 1. The first kappa shape index (κ1) is 23.0. The number of hydrogen-bond acceptors (Lipinski definition) is 7. The van der Waals surface area contributed by atoms with Crippen LogP contribution in [-0.2, 0) is 17.8 Å². The van der Waals surface area contributed by atoms with E-state index in [1.54, 1.807) is 7.11 Å². The molecule has 2 aliphatic rings. The summed E-state index contributed by atoms with van der Waals surface area (Å²) in [6.07, 6.45) is 7.85. The summed E-state index contributed by atoms with van der Waals surface area (Å²) in [7, 11) is 1.63. The molecule has 182 valence electrons. The number of pyridine rings is 1. The van der Waals surface area contributed by atoms with Crippen LogP contribution >= 0.6 is 0 Å². The number of rotatable bonds is 9. The first-order valence-corrected chi connectivity index (χ1v) is 12.5. The Kier molecular flexibility index (Phi) is 6.92. The molecule has 1 aromatic carbocycles. The molecule has 0 bridgehead atoms. The van der Waals surface area contributed by atoms with Crippen molar-refractivity contribution in [2.24, 2.45) is 0 Å². The van der Waals surface area contributed by atoms with E-state index in [1.165, 1.54) is 12.8 Å². The topological polar surface area (TPSA) is 98.2 Å². The fraction of sp³-hybridized carbons (Fsp3) is 0.600. The summed E-state index contributed by atoms with van der Waals surface area (Å²) in [5, 5.41) is 13.8. The Morgan fingerprint density at radius 1 is 1.24 bits per heavy atom. The van der Waals surface area contributed by atoms with Crippen molar-refractivity contribution in [3.63, 3.8) is 0 Å². The van der Waals surface area contributed by atoms with Crippen LogP contribution in [-0.4, -0.2) is 56.0 Å². The van der Waals surface area contributed by atoms with Crippen molar-refractivity contribution < 1.29 is 9.47 Å². The molecule has 3 aromatic rings. The van der Waals surface area contributed by atoms with Crippen molar-refractivity contribution in [1.82, 2.24) is 30.1 Å². The van der Waals surface area contributed by atoms with Crippen molar-refractivity contribution in [2.45, 2.75) is 83.1 Å². The maximum Gasteiger partial charge on any atom is 0.252 e. The summed E-state index contributed by atoms with van der Waals surface area (Å²) < 4.78 is 13.1. The average Bonchev–Trinajstić information content (AvgIpc) is 3.63. The highest BCUT2D eigenvalue weighted by atomic mass is 16.5. The van der Waals surface area contributed by atoms with Crippen LogP contribution in [0.1, 0.15) is 69.3 Å². The summed E-state index contributed by atoms with van der Waals surface area (Å²) >= 11 is 0. The Balaban J connectivity index is 1.46. The number of nitrogens with zero attached hydrogens (tertiary/aromatic N) is 5. The van der Waals surface area contributed by atoms with E-state index in [-0.39, 0.29) is 17.7 Å². The van der Waals surface area contributed by atoms with E-state index in [1.807, 2.05) is 28.9 Å². The van der Waals surface area contributed by atoms with Gasteiger partial charge in [-0.05, 0) is 66.1 Å². The van der Waals surface area contributed by atoms with Gasteiger partial charge in [-0.2, -0.15) is 0 Å². The number of nitrogens with one attached hydrogen (secondary N) is 1. The second-order valence-corrected chi connectivity index (χ2v) is 9.47. The van der Waals surface area contributed by atoms with E-state index in [0.717, 1.165) is 66.8 Å². The van der Waals surface area contributed by atoms with Gasteiger partial charge in [0.25, 0.3) is 5.56 Å². The summed E-state index contributed by atoms with van der Waals surface area (Å²) in [6.45, 7) is 4.22. The van der Waals surface area contributed by atoms with E-state index >= 15 is 0 Å². The summed E-state index contributed by atoms with van der Waals surface area (Å²) in [6, 6.07) is 8.23. The van der Waals surface area contributed by atoms with Crippen LogP contribution in [0.15, 0.2) is 29.1 Å². The molecule has 9 nitrogen and oxygen atoms in total. The zero-order valence-corrected chi connectivity index (χ0v) is 20.1.